The number of aliphatic hydroxyl groups excluding tert-OH is 1. The van der Waals surface area contributed by atoms with Gasteiger partial charge in [0.1, 0.15) is 0 Å². The lowest BCUT2D eigenvalue weighted by Gasteiger charge is -2.10. The molecule has 2 N–H and O–H groups in total. The number of amides is 1. The van der Waals surface area contributed by atoms with Gasteiger partial charge in [-0.25, -0.2) is 0 Å². The molecule has 0 heterocycles. The van der Waals surface area contributed by atoms with Crippen LogP contribution in [-0.2, 0) is 11.0 Å². The molecule has 110 valence electrons. The number of hydrogen-bond acceptors (Lipinski definition) is 2. The number of nitrogens with one attached hydrogen (secondary N) is 1. The maximum Gasteiger partial charge on any atom is 0.417 e. The van der Waals surface area contributed by atoms with Gasteiger partial charge in [-0.05, 0) is 30.7 Å². The van der Waals surface area contributed by atoms with Crippen LogP contribution < -0.4 is 5.32 Å². The van der Waals surface area contributed by atoms with Crippen molar-refractivity contribution in [3.63, 3.8) is 0 Å². The van der Waals surface area contributed by atoms with E-state index >= 15 is 0 Å². The van der Waals surface area contributed by atoms with Crippen LogP contribution in [0.3, 0.4) is 0 Å². The van der Waals surface area contributed by atoms with Crippen LogP contribution in [0.25, 0.3) is 6.08 Å². The van der Waals surface area contributed by atoms with Crippen LogP contribution in [0, 0.1) is 0 Å². The van der Waals surface area contributed by atoms with Gasteiger partial charge < -0.3 is 10.4 Å². The van der Waals surface area contributed by atoms with Gasteiger partial charge in [0.05, 0.1) is 17.2 Å². The Morgan fingerprint density at radius 1 is 1.50 bits per heavy atom. The molecule has 0 spiro atoms. The average Bonchev–Trinajstić information content (AvgIpc) is 2.36. The lowest BCUT2D eigenvalue weighted by atomic mass is 10.1. The summed E-state index contributed by atoms with van der Waals surface area (Å²) in [5.74, 6) is -0.505. The Labute approximate surface area is 119 Å². The van der Waals surface area contributed by atoms with E-state index < -0.39 is 28.7 Å². The van der Waals surface area contributed by atoms with Crippen molar-refractivity contribution < 1.29 is 23.1 Å². The van der Waals surface area contributed by atoms with E-state index in [9.17, 15) is 18.0 Å². The standard InChI is InChI=1S/C13H13ClF3NO2/c1-8(7-19)18-12(20)5-3-9-2-4-11(14)10(6-9)13(15,16)17/h2-6,8,19H,7H2,1H3,(H,18,20)/b5-3+. The normalized spacial score (nSPS) is 13.5. The van der Waals surface area contributed by atoms with Gasteiger partial charge >= 0.3 is 6.18 Å². The third kappa shape index (κ3) is 4.86. The summed E-state index contributed by atoms with van der Waals surface area (Å²) in [6, 6.07) is 2.93. The van der Waals surface area contributed by atoms with Crippen LogP contribution in [0.2, 0.25) is 5.02 Å². The van der Waals surface area contributed by atoms with Crippen molar-refractivity contribution in [1.82, 2.24) is 5.32 Å². The second-order valence-electron chi connectivity index (χ2n) is 4.16. The molecule has 0 aliphatic heterocycles. The number of hydrogen-bond donors (Lipinski definition) is 2. The molecule has 3 nitrogen and oxygen atoms in total. The molecule has 0 saturated carbocycles. The quantitative estimate of drug-likeness (QED) is 0.840. The van der Waals surface area contributed by atoms with E-state index in [-0.39, 0.29) is 12.2 Å². The first kappa shape index (κ1) is 16.5. The Balaban J connectivity index is 2.86. The first-order valence-electron chi connectivity index (χ1n) is 5.70. The minimum atomic E-state index is -4.55. The van der Waals surface area contributed by atoms with Crippen LogP contribution in [-0.4, -0.2) is 23.7 Å². The number of rotatable bonds is 4. The highest BCUT2D eigenvalue weighted by atomic mass is 35.5. The smallest absolute Gasteiger partial charge is 0.394 e. The van der Waals surface area contributed by atoms with E-state index in [4.69, 9.17) is 16.7 Å². The Morgan fingerprint density at radius 2 is 2.15 bits per heavy atom. The monoisotopic (exact) mass is 307 g/mol. The topological polar surface area (TPSA) is 49.3 Å². The minimum Gasteiger partial charge on any atom is -0.394 e. The number of carbonyl (C=O) groups excluding carboxylic acids is 1. The fourth-order valence-electron chi connectivity index (χ4n) is 1.37. The lowest BCUT2D eigenvalue weighted by molar-refractivity contribution is -0.137. The molecule has 1 aromatic carbocycles. The van der Waals surface area contributed by atoms with E-state index in [1.54, 1.807) is 6.92 Å². The molecular formula is C13H13ClF3NO2. The zero-order chi connectivity index (χ0) is 15.3. The van der Waals surface area contributed by atoms with Crippen molar-refractivity contribution in [2.45, 2.75) is 19.1 Å². The van der Waals surface area contributed by atoms with Crippen molar-refractivity contribution in [2.24, 2.45) is 0 Å². The predicted octanol–water partition coefficient (Wildman–Crippen LogP) is 2.87. The Hall–Kier alpha value is -1.53. The molecule has 1 aromatic rings. The summed E-state index contributed by atoms with van der Waals surface area (Å²) < 4.78 is 37.9. The SMILES string of the molecule is CC(CO)NC(=O)/C=C/c1ccc(Cl)c(C(F)(F)F)c1. The maximum atomic E-state index is 12.6. The van der Waals surface area contributed by atoms with E-state index in [0.29, 0.717) is 0 Å². The van der Waals surface area contributed by atoms with Gasteiger partial charge in [0, 0.05) is 12.1 Å². The van der Waals surface area contributed by atoms with Crippen molar-refractivity contribution >= 4 is 23.6 Å². The van der Waals surface area contributed by atoms with Gasteiger partial charge in [-0.1, -0.05) is 17.7 Å². The highest BCUT2D eigenvalue weighted by Crippen LogP contribution is 2.35. The third-order valence-electron chi connectivity index (χ3n) is 2.39. The molecule has 0 fully saturated rings. The summed E-state index contributed by atoms with van der Waals surface area (Å²) in [7, 11) is 0. The number of halogens is 4. The number of benzene rings is 1. The van der Waals surface area contributed by atoms with Gasteiger partial charge in [0.25, 0.3) is 0 Å². The maximum absolute atomic E-state index is 12.6. The molecule has 1 atom stereocenters. The molecule has 0 aliphatic rings. The van der Waals surface area contributed by atoms with Crippen molar-refractivity contribution in [3.8, 4) is 0 Å². The number of carbonyl (C=O) groups is 1. The van der Waals surface area contributed by atoms with Crippen molar-refractivity contribution in [3.05, 3.63) is 40.4 Å². The summed E-state index contributed by atoms with van der Waals surface area (Å²) in [4.78, 5) is 11.4. The Bertz CT molecular complexity index is 515. The van der Waals surface area contributed by atoms with E-state index in [0.717, 1.165) is 18.2 Å². The molecule has 20 heavy (non-hydrogen) atoms. The second-order valence-corrected chi connectivity index (χ2v) is 4.57. The van der Waals surface area contributed by atoms with Crippen LogP contribution in [0.4, 0.5) is 13.2 Å². The number of aliphatic hydroxyl groups is 1. The Morgan fingerprint density at radius 3 is 2.70 bits per heavy atom. The van der Waals surface area contributed by atoms with Crippen LogP contribution in [0.15, 0.2) is 24.3 Å². The van der Waals surface area contributed by atoms with Crippen LogP contribution >= 0.6 is 11.6 Å². The van der Waals surface area contributed by atoms with Gasteiger partial charge in [-0.2, -0.15) is 13.2 Å². The molecule has 1 amide bonds. The molecule has 0 radical (unpaired) electrons. The first-order valence-corrected chi connectivity index (χ1v) is 6.08. The number of alkyl halides is 3. The van der Waals surface area contributed by atoms with E-state index in [1.165, 1.54) is 12.1 Å². The van der Waals surface area contributed by atoms with Crippen LogP contribution in [0.5, 0.6) is 0 Å². The molecule has 0 saturated heterocycles. The summed E-state index contributed by atoms with van der Waals surface area (Å²) >= 11 is 5.48. The molecule has 7 heteroatoms. The van der Waals surface area contributed by atoms with Gasteiger partial charge in [0.2, 0.25) is 5.91 Å². The van der Waals surface area contributed by atoms with Crippen molar-refractivity contribution in [2.75, 3.05) is 6.61 Å². The minimum absolute atomic E-state index is 0.202. The predicted molar refractivity (Wildman–Crippen MR) is 70.2 cm³/mol. The summed E-state index contributed by atoms with van der Waals surface area (Å²) in [6.07, 6.45) is -2.21. The van der Waals surface area contributed by atoms with Gasteiger partial charge in [-0.3, -0.25) is 4.79 Å². The fraction of sp³-hybridized carbons (Fsp3) is 0.308. The largest absolute Gasteiger partial charge is 0.417 e. The van der Waals surface area contributed by atoms with Gasteiger partial charge in [0.15, 0.2) is 0 Å². The second kappa shape index (κ2) is 6.76. The Kier molecular flexibility index (Phi) is 5.59. The third-order valence-corrected chi connectivity index (χ3v) is 2.72. The lowest BCUT2D eigenvalue weighted by Crippen LogP contribution is -2.33. The van der Waals surface area contributed by atoms with E-state index in [1.807, 2.05) is 0 Å². The molecule has 0 bridgehead atoms. The average molecular weight is 308 g/mol. The molecular weight excluding hydrogens is 295 g/mol. The summed E-state index contributed by atoms with van der Waals surface area (Å²) in [5, 5.41) is 10.8. The first-order chi connectivity index (χ1) is 9.24. The summed E-state index contributed by atoms with van der Waals surface area (Å²) in [5.41, 5.74) is -0.751. The molecule has 1 rings (SSSR count). The molecule has 1 unspecified atom stereocenters. The van der Waals surface area contributed by atoms with Gasteiger partial charge in [-0.15, -0.1) is 0 Å². The van der Waals surface area contributed by atoms with Crippen molar-refractivity contribution in [1.29, 1.82) is 0 Å². The fourth-order valence-corrected chi connectivity index (χ4v) is 1.60. The molecule has 0 aliphatic carbocycles. The zero-order valence-electron chi connectivity index (χ0n) is 10.5. The zero-order valence-corrected chi connectivity index (χ0v) is 11.3. The highest BCUT2D eigenvalue weighted by Gasteiger charge is 2.33. The van der Waals surface area contributed by atoms with Crippen LogP contribution in [0.1, 0.15) is 18.1 Å². The molecule has 0 aromatic heterocycles. The highest BCUT2D eigenvalue weighted by molar-refractivity contribution is 6.31. The summed E-state index contributed by atoms with van der Waals surface area (Å²) in [6.45, 7) is 1.37. The van der Waals surface area contributed by atoms with E-state index in [2.05, 4.69) is 5.32 Å².